The summed E-state index contributed by atoms with van der Waals surface area (Å²) in [5.41, 5.74) is 12.1. The highest BCUT2D eigenvalue weighted by molar-refractivity contribution is 5.39. The molecule has 0 heterocycles. The highest BCUT2D eigenvalue weighted by atomic mass is 14.6. The number of hydrogen-bond donors (Lipinski definition) is 1. The van der Waals surface area contributed by atoms with Crippen LogP contribution in [0.1, 0.15) is 35.1 Å². The van der Waals surface area contributed by atoms with Crippen LogP contribution in [0.2, 0.25) is 0 Å². The summed E-state index contributed by atoms with van der Waals surface area (Å²) in [6, 6.07) is 17.8. The zero-order valence-corrected chi connectivity index (χ0v) is 12.2. The van der Waals surface area contributed by atoms with E-state index in [1.54, 1.807) is 0 Å². The van der Waals surface area contributed by atoms with Gasteiger partial charge in [0.25, 0.3) is 0 Å². The normalized spacial score (nSPS) is 21.5. The first-order valence-corrected chi connectivity index (χ1v) is 7.57. The molecule has 1 nitrogen and oxygen atoms in total. The van der Waals surface area contributed by atoms with Crippen LogP contribution in [0, 0.1) is 6.92 Å². The van der Waals surface area contributed by atoms with Crippen LogP contribution in [0.15, 0.2) is 48.5 Å². The van der Waals surface area contributed by atoms with Crippen molar-refractivity contribution < 1.29 is 0 Å². The van der Waals surface area contributed by atoms with Gasteiger partial charge in [-0.05, 0) is 49.3 Å². The Kier molecular flexibility index (Phi) is 3.62. The van der Waals surface area contributed by atoms with E-state index in [9.17, 15) is 0 Å². The van der Waals surface area contributed by atoms with Gasteiger partial charge < -0.3 is 5.73 Å². The Labute approximate surface area is 121 Å². The number of fused-ring (bicyclic) bond motifs is 1. The van der Waals surface area contributed by atoms with E-state index in [4.69, 9.17) is 5.73 Å². The van der Waals surface area contributed by atoms with Crippen LogP contribution in [-0.2, 0) is 18.3 Å². The quantitative estimate of drug-likeness (QED) is 0.898. The maximum atomic E-state index is 6.23. The third-order valence-corrected chi connectivity index (χ3v) is 4.74. The van der Waals surface area contributed by atoms with Crippen molar-refractivity contribution in [2.45, 2.75) is 38.0 Å². The number of rotatable bonds is 3. The minimum Gasteiger partial charge on any atom is -0.330 e. The van der Waals surface area contributed by atoms with E-state index in [-0.39, 0.29) is 5.41 Å². The molecule has 0 aromatic heterocycles. The van der Waals surface area contributed by atoms with Gasteiger partial charge in [0.15, 0.2) is 0 Å². The Morgan fingerprint density at radius 1 is 1.05 bits per heavy atom. The van der Waals surface area contributed by atoms with Crippen LogP contribution in [-0.4, -0.2) is 6.54 Å². The lowest BCUT2D eigenvalue weighted by molar-refractivity contribution is 0.365. The molecular weight excluding hydrogens is 242 g/mol. The van der Waals surface area contributed by atoms with Crippen molar-refractivity contribution in [3.63, 3.8) is 0 Å². The molecule has 1 heteroatoms. The van der Waals surface area contributed by atoms with Gasteiger partial charge in [0.2, 0.25) is 0 Å². The summed E-state index contributed by atoms with van der Waals surface area (Å²) >= 11 is 0. The lowest BCUT2D eigenvalue weighted by Crippen LogP contribution is -2.40. The van der Waals surface area contributed by atoms with Crippen LogP contribution in [0.3, 0.4) is 0 Å². The van der Waals surface area contributed by atoms with Gasteiger partial charge in [0.05, 0.1) is 0 Å². The zero-order chi connectivity index (χ0) is 14.0. The molecule has 0 bridgehead atoms. The lowest BCUT2D eigenvalue weighted by atomic mass is 9.67. The van der Waals surface area contributed by atoms with E-state index < -0.39 is 0 Å². The summed E-state index contributed by atoms with van der Waals surface area (Å²) in [5.74, 6) is 0. The molecule has 3 rings (SSSR count). The van der Waals surface area contributed by atoms with E-state index in [1.165, 1.54) is 41.5 Å². The fourth-order valence-electron chi connectivity index (χ4n) is 3.57. The van der Waals surface area contributed by atoms with Gasteiger partial charge in [-0.15, -0.1) is 0 Å². The minimum absolute atomic E-state index is 0.129. The molecule has 2 aromatic rings. The van der Waals surface area contributed by atoms with E-state index in [0.717, 1.165) is 13.0 Å². The molecule has 1 aliphatic rings. The van der Waals surface area contributed by atoms with Crippen LogP contribution in [0.4, 0.5) is 0 Å². The van der Waals surface area contributed by atoms with E-state index in [1.807, 2.05) is 0 Å². The molecule has 0 radical (unpaired) electrons. The Bertz CT molecular complexity index is 585. The van der Waals surface area contributed by atoms with Gasteiger partial charge in [-0.2, -0.15) is 0 Å². The average molecular weight is 265 g/mol. The van der Waals surface area contributed by atoms with Crippen LogP contribution >= 0.6 is 0 Å². The molecule has 0 fully saturated rings. The van der Waals surface area contributed by atoms with Crippen molar-refractivity contribution in [2.75, 3.05) is 6.54 Å². The highest BCUT2D eigenvalue weighted by Crippen LogP contribution is 2.39. The highest BCUT2D eigenvalue weighted by Gasteiger charge is 2.35. The number of aryl methyl sites for hydroxylation is 2. The molecule has 2 N–H and O–H groups in total. The predicted molar refractivity (Wildman–Crippen MR) is 85.0 cm³/mol. The lowest BCUT2D eigenvalue weighted by Gasteiger charge is -2.38. The van der Waals surface area contributed by atoms with Crippen LogP contribution in [0.5, 0.6) is 0 Å². The maximum Gasteiger partial charge on any atom is 0.0119 e. The SMILES string of the molecule is Cc1ccc(CC2(CN)CCCc3ccccc32)cc1. The second-order valence-corrected chi connectivity index (χ2v) is 6.16. The van der Waals surface area contributed by atoms with Gasteiger partial charge in [0, 0.05) is 12.0 Å². The van der Waals surface area contributed by atoms with Crippen molar-refractivity contribution in [1.82, 2.24) is 0 Å². The first kappa shape index (κ1) is 13.4. The van der Waals surface area contributed by atoms with E-state index in [2.05, 4.69) is 55.5 Å². The third-order valence-electron chi connectivity index (χ3n) is 4.74. The monoisotopic (exact) mass is 265 g/mol. The fraction of sp³-hybridized carbons (Fsp3) is 0.368. The Balaban J connectivity index is 1.98. The van der Waals surface area contributed by atoms with Crippen molar-refractivity contribution >= 4 is 0 Å². The van der Waals surface area contributed by atoms with Gasteiger partial charge in [0.1, 0.15) is 0 Å². The molecule has 1 aliphatic carbocycles. The number of nitrogens with two attached hydrogens (primary N) is 1. The van der Waals surface area contributed by atoms with Gasteiger partial charge >= 0.3 is 0 Å². The Morgan fingerprint density at radius 2 is 1.80 bits per heavy atom. The third kappa shape index (κ3) is 2.38. The standard InChI is InChI=1S/C19H23N/c1-15-8-10-16(11-9-15)13-19(14-20)12-4-6-17-5-2-3-7-18(17)19/h2-3,5,7-11H,4,6,12-14,20H2,1H3. The first-order chi connectivity index (χ1) is 9.73. The van der Waals surface area contributed by atoms with E-state index >= 15 is 0 Å². The molecule has 2 aromatic carbocycles. The van der Waals surface area contributed by atoms with Crippen LogP contribution in [0.25, 0.3) is 0 Å². The molecule has 104 valence electrons. The average Bonchev–Trinajstić information content (AvgIpc) is 2.50. The van der Waals surface area contributed by atoms with Crippen molar-refractivity contribution in [1.29, 1.82) is 0 Å². The van der Waals surface area contributed by atoms with Gasteiger partial charge in [-0.1, -0.05) is 54.1 Å². The second-order valence-electron chi connectivity index (χ2n) is 6.16. The van der Waals surface area contributed by atoms with Gasteiger partial charge in [-0.25, -0.2) is 0 Å². The topological polar surface area (TPSA) is 26.0 Å². The van der Waals surface area contributed by atoms with Gasteiger partial charge in [-0.3, -0.25) is 0 Å². The molecule has 1 unspecified atom stereocenters. The molecule has 0 saturated heterocycles. The molecule has 0 aliphatic heterocycles. The summed E-state index contributed by atoms with van der Waals surface area (Å²) in [4.78, 5) is 0. The smallest absolute Gasteiger partial charge is 0.0119 e. The molecule has 0 spiro atoms. The van der Waals surface area contributed by atoms with Crippen LogP contribution < -0.4 is 5.73 Å². The summed E-state index contributed by atoms with van der Waals surface area (Å²) in [7, 11) is 0. The zero-order valence-electron chi connectivity index (χ0n) is 12.2. The molecule has 20 heavy (non-hydrogen) atoms. The Morgan fingerprint density at radius 3 is 2.55 bits per heavy atom. The molecule has 0 amide bonds. The minimum atomic E-state index is 0.129. The largest absolute Gasteiger partial charge is 0.330 e. The maximum absolute atomic E-state index is 6.23. The Hall–Kier alpha value is -1.60. The van der Waals surface area contributed by atoms with E-state index in [0.29, 0.717) is 0 Å². The molecular formula is C19H23N. The van der Waals surface area contributed by atoms with Crippen molar-refractivity contribution in [3.8, 4) is 0 Å². The van der Waals surface area contributed by atoms with Crippen molar-refractivity contribution in [2.24, 2.45) is 5.73 Å². The molecule has 1 atom stereocenters. The predicted octanol–water partition coefficient (Wildman–Crippen LogP) is 3.77. The van der Waals surface area contributed by atoms with Crippen molar-refractivity contribution in [3.05, 3.63) is 70.8 Å². The number of hydrogen-bond acceptors (Lipinski definition) is 1. The summed E-state index contributed by atoms with van der Waals surface area (Å²) < 4.78 is 0. The molecule has 0 saturated carbocycles. The summed E-state index contributed by atoms with van der Waals surface area (Å²) in [6.07, 6.45) is 4.71. The first-order valence-electron chi connectivity index (χ1n) is 7.57. The summed E-state index contributed by atoms with van der Waals surface area (Å²) in [6.45, 7) is 2.87. The fourth-order valence-corrected chi connectivity index (χ4v) is 3.57. The second kappa shape index (κ2) is 5.41. The summed E-state index contributed by atoms with van der Waals surface area (Å²) in [5, 5.41) is 0. The number of benzene rings is 2.